The summed E-state index contributed by atoms with van der Waals surface area (Å²) in [5.74, 6) is 0.740. The average molecular weight is 198 g/mol. The predicted octanol–water partition coefficient (Wildman–Crippen LogP) is 1.84. The van der Waals surface area contributed by atoms with Crippen LogP contribution in [-0.4, -0.2) is 0 Å². The number of hydrogen-bond acceptors (Lipinski definition) is 0. The molecule has 0 fully saturated rings. The minimum atomic E-state index is 0.299. The molecule has 0 aromatic heterocycles. The molecule has 0 aromatic rings. The number of allylic oxidation sites excluding steroid dienone is 4. The monoisotopic (exact) mass is 197 g/mol. The second-order valence-electron chi connectivity index (χ2n) is 2.46. The molecule has 0 aliphatic heterocycles. The van der Waals surface area contributed by atoms with Gasteiger partial charge in [-0.15, -0.1) is 0 Å². The van der Waals surface area contributed by atoms with E-state index in [9.17, 15) is 0 Å². The van der Waals surface area contributed by atoms with Gasteiger partial charge in [0.25, 0.3) is 0 Å². The van der Waals surface area contributed by atoms with Gasteiger partial charge in [-0.1, -0.05) is 0 Å². The molecule has 0 N–H and O–H groups in total. The van der Waals surface area contributed by atoms with Crippen LogP contribution in [0, 0.1) is 5.92 Å². The summed E-state index contributed by atoms with van der Waals surface area (Å²) in [7, 11) is 0. The molecule has 0 nitrogen and oxygen atoms in total. The van der Waals surface area contributed by atoms with E-state index in [0.717, 1.165) is 5.92 Å². The summed E-state index contributed by atoms with van der Waals surface area (Å²) in [6, 6.07) is 0. The van der Waals surface area contributed by atoms with Crippen molar-refractivity contribution in [3.63, 3.8) is 0 Å². The molecule has 2 rings (SSSR count). The van der Waals surface area contributed by atoms with E-state index in [1.165, 1.54) is 6.42 Å². The number of rotatable bonds is 0. The molecule has 0 saturated carbocycles. The van der Waals surface area contributed by atoms with E-state index < -0.39 is 0 Å². The first-order valence-electron chi connectivity index (χ1n) is 2.83. The molecule has 0 spiro atoms. The molecule has 1 heteroatoms. The number of fused-ring (bicyclic) bond motifs is 2. The average Bonchev–Trinajstić information content (AvgIpc) is 2.21. The van der Waals surface area contributed by atoms with Crippen LogP contribution in [-0.2, 0) is 19.2 Å². The maximum absolute atomic E-state index is 3.35. The molecule has 0 amide bonds. The molecule has 0 heterocycles. The van der Waals surface area contributed by atoms with E-state index in [2.05, 4.69) is 43.5 Å². The molecule has 0 aromatic carbocycles. The van der Waals surface area contributed by atoms with Crippen LogP contribution >= 0.6 is 0 Å². The molecule has 2 aliphatic carbocycles. The fourth-order valence-corrected chi connectivity index (χ4v) is 1.96. The zero-order valence-electron chi connectivity index (χ0n) is 4.41. The Morgan fingerprint density at radius 3 is 2.12 bits per heavy atom. The van der Waals surface area contributed by atoms with Gasteiger partial charge in [0.15, 0.2) is 0 Å². The predicted molar refractivity (Wildman–Crippen MR) is 29.1 cm³/mol. The standard InChI is InChI=1S/C7H7.Pd/c1-2-7-4-3-6(1)5-7;/h1-4,6H,5H2;. The van der Waals surface area contributed by atoms with Crippen LogP contribution in [0.4, 0.5) is 0 Å². The zero-order chi connectivity index (χ0) is 5.61. The van der Waals surface area contributed by atoms with E-state index in [4.69, 9.17) is 0 Å². The summed E-state index contributed by atoms with van der Waals surface area (Å²) < 4.78 is 0.299. The van der Waals surface area contributed by atoms with Gasteiger partial charge in [0.2, 0.25) is 0 Å². The molecular formula is C7H7Pd. The van der Waals surface area contributed by atoms with E-state index >= 15 is 0 Å². The van der Waals surface area contributed by atoms with Crippen molar-refractivity contribution in [1.29, 1.82) is 0 Å². The van der Waals surface area contributed by atoms with Crippen LogP contribution in [0.15, 0.2) is 24.3 Å². The van der Waals surface area contributed by atoms with E-state index in [1.807, 2.05) is 0 Å². The Bertz CT molecular complexity index is 153. The van der Waals surface area contributed by atoms with Crippen LogP contribution in [0.2, 0.25) is 3.89 Å². The molecule has 0 radical (unpaired) electrons. The van der Waals surface area contributed by atoms with Crippen LogP contribution in [0.3, 0.4) is 0 Å². The Morgan fingerprint density at radius 1 is 1.38 bits per heavy atom. The van der Waals surface area contributed by atoms with Gasteiger partial charge in [-0.25, -0.2) is 0 Å². The first-order valence-corrected chi connectivity index (χ1v) is 3.61. The van der Waals surface area contributed by atoms with Crippen molar-refractivity contribution in [1.82, 2.24) is 0 Å². The first-order chi connectivity index (χ1) is 3.79. The topological polar surface area (TPSA) is 0 Å². The summed E-state index contributed by atoms with van der Waals surface area (Å²) >= 11 is 3.35. The van der Waals surface area contributed by atoms with Gasteiger partial charge in [0.1, 0.15) is 0 Å². The zero-order valence-corrected chi connectivity index (χ0v) is 5.96. The van der Waals surface area contributed by atoms with Crippen molar-refractivity contribution in [3.05, 3.63) is 24.3 Å². The third-order valence-electron chi connectivity index (χ3n) is 1.76. The maximum atomic E-state index is 3.35. The third-order valence-corrected chi connectivity index (χ3v) is 2.59. The Hall–Kier alpha value is 0.142. The minimum absolute atomic E-state index is 0.299. The van der Waals surface area contributed by atoms with Gasteiger partial charge >= 0.3 is 59.7 Å². The second kappa shape index (κ2) is 1.35. The van der Waals surface area contributed by atoms with Crippen molar-refractivity contribution in [3.8, 4) is 0 Å². The van der Waals surface area contributed by atoms with Gasteiger partial charge in [0.05, 0.1) is 0 Å². The van der Waals surface area contributed by atoms with Crippen LogP contribution in [0.1, 0.15) is 6.42 Å². The normalized spacial score (nSPS) is 49.0. The van der Waals surface area contributed by atoms with E-state index in [-0.39, 0.29) is 0 Å². The number of hydrogen-bond donors (Lipinski definition) is 0. The molecule has 2 bridgehead atoms. The fraction of sp³-hybridized carbons (Fsp3) is 0.429. The second-order valence-corrected chi connectivity index (χ2v) is 3.90. The van der Waals surface area contributed by atoms with Crippen LogP contribution in [0.25, 0.3) is 0 Å². The SMILES string of the molecule is [Pd][C]12C=CC(C=C1)C2. The molecule has 45 valence electrons. The van der Waals surface area contributed by atoms with Gasteiger partial charge in [0, 0.05) is 0 Å². The summed E-state index contributed by atoms with van der Waals surface area (Å²) in [6.07, 6.45) is 10.3. The van der Waals surface area contributed by atoms with Gasteiger partial charge in [-0.3, -0.25) is 0 Å². The van der Waals surface area contributed by atoms with Crippen LogP contribution < -0.4 is 0 Å². The third kappa shape index (κ3) is 0.553. The van der Waals surface area contributed by atoms with Gasteiger partial charge in [-0.2, -0.15) is 0 Å². The molecule has 0 unspecified atom stereocenters. The molecule has 2 aliphatic rings. The van der Waals surface area contributed by atoms with Crippen molar-refractivity contribution in [2.45, 2.75) is 10.3 Å². The molecule has 8 heavy (non-hydrogen) atoms. The molecular weight excluding hydrogens is 190 g/mol. The van der Waals surface area contributed by atoms with Crippen molar-refractivity contribution in [2.24, 2.45) is 5.92 Å². The summed E-state index contributed by atoms with van der Waals surface area (Å²) in [6.45, 7) is 0. The van der Waals surface area contributed by atoms with Crippen molar-refractivity contribution >= 4 is 0 Å². The molecule has 0 atom stereocenters. The van der Waals surface area contributed by atoms with Gasteiger partial charge < -0.3 is 0 Å². The summed E-state index contributed by atoms with van der Waals surface area (Å²) in [4.78, 5) is 0. The molecule has 0 saturated heterocycles. The van der Waals surface area contributed by atoms with Crippen molar-refractivity contribution < 1.29 is 19.2 Å². The Morgan fingerprint density at radius 2 is 2.00 bits per heavy atom. The fourth-order valence-electron chi connectivity index (χ4n) is 1.29. The van der Waals surface area contributed by atoms with Crippen molar-refractivity contribution in [2.75, 3.05) is 0 Å². The summed E-state index contributed by atoms with van der Waals surface area (Å²) in [5.41, 5.74) is 0. The Labute approximate surface area is 60.1 Å². The Balaban J connectivity index is 2.43. The van der Waals surface area contributed by atoms with E-state index in [0.29, 0.717) is 3.89 Å². The van der Waals surface area contributed by atoms with E-state index in [1.54, 1.807) is 0 Å². The summed E-state index contributed by atoms with van der Waals surface area (Å²) in [5, 5.41) is 0. The van der Waals surface area contributed by atoms with Gasteiger partial charge in [-0.05, 0) is 0 Å². The Kier molecular flexibility index (Phi) is 0.837. The quantitative estimate of drug-likeness (QED) is 0.411. The first kappa shape index (κ1) is 4.97. The van der Waals surface area contributed by atoms with Crippen LogP contribution in [0.5, 0.6) is 0 Å².